The Morgan fingerprint density at radius 3 is 2.85 bits per heavy atom. The first-order valence-corrected chi connectivity index (χ1v) is 8.59. The fraction of sp³-hybridized carbons (Fsp3) is 0.941. The molecule has 0 spiro atoms. The molecule has 0 amide bonds. The molecule has 20 heavy (non-hydrogen) atoms. The molecule has 1 N–H and O–H groups in total. The average molecular weight is 277 g/mol. The van der Waals surface area contributed by atoms with Crippen LogP contribution in [0.15, 0.2) is 0 Å². The number of nitrogens with zero attached hydrogens (tertiary/aromatic N) is 2. The molecule has 0 radical (unpaired) electrons. The van der Waals surface area contributed by atoms with Gasteiger partial charge in [-0.3, -0.25) is 5.32 Å². The van der Waals surface area contributed by atoms with Gasteiger partial charge in [-0.1, -0.05) is 20.3 Å². The van der Waals surface area contributed by atoms with Gasteiger partial charge < -0.3 is 4.90 Å². The predicted octanol–water partition coefficient (Wildman–Crippen LogP) is 3.17. The summed E-state index contributed by atoms with van der Waals surface area (Å²) >= 11 is 0. The maximum atomic E-state index is 9.61. The second-order valence-electron chi connectivity index (χ2n) is 6.87. The fourth-order valence-electron chi connectivity index (χ4n) is 4.09. The average Bonchev–Trinajstić information content (AvgIpc) is 2.73. The van der Waals surface area contributed by atoms with Crippen molar-refractivity contribution in [2.24, 2.45) is 11.8 Å². The summed E-state index contributed by atoms with van der Waals surface area (Å²) in [5, 5.41) is 13.1. The lowest BCUT2D eigenvalue weighted by atomic mass is 9.85. The number of hydrogen-bond donors (Lipinski definition) is 1. The van der Waals surface area contributed by atoms with Crippen molar-refractivity contribution >= 4 is 0 Å². The van der Waals surface area contributed by atoms with E-state index in [0.717, 1.165) is 18.9 Å². The van der Waals surface area contributed by atoms with Gasteiger partial charge in [0, 0.05) is 0 Å². The Labute approximate surface area is 124 Å². The van der Waals surface area contributed by atoms with E-state index in [9.17, 15) is 5.26 Å². The Kier molecular flexibility index (Phi) is 5.86. The molecule has 2 fully saturated rings. The van der Waals surface area contributed by atoms with E-state index in [0.29, 0.717) is 5.92 Å². The molecule has 1 saturated carbocycles. The first kappa shape index (κ1) is 15.8. The number of hydrogen-bond acceptors (Lipinski definition) is 3. The lowest BCUT2D eigenvalue weighted by molar-refractivity contribution is 0.227. The summed E-state index contributed by atoms with van der Waals surface area (Å²) in [6, 6.07) is 2.61. The zero-order valence-corrected chi connectivity index (χ0v) is 13.3. The first-order valence-electron chi connectivity index (χ1n) is 8.59. The predicted molar refractivity (Wildman–Crippen MR) is 83.4 cm³/mol. The van der Waals surface area contributed by atoms with E-state index in [1.165, 1.54) is 58.2 Å². The third kappa shape index (κ3) is 3.74. The third-order valence-electron chi connectivity index (χ3n) is 5.42. The number of likely N-dealkylation sites (tertiary alicyclic amines) is 1. The van der Waals surface area contributed by atoms with Gasteiger partial charge in [0.05, 0.1) is 6.07 Å². The van der Waals surface area contributed by atoms with Crippen LogP contribution >= 0.6 is 0 Å². The van der Waals surface area contributed by atoms with Crippen LogP contribution in [0.3, 0.4) is 0 Å². The number of nitriles is 1. The monoisotopic (exact) mass is 277 g/mol. The molecule has 0 bridgehead atoms. The van der Waals surface area contributed by atoms with E-state index < -0.39 is 0 Å². The number of nitrogens with one attached hydrogen (secondary N) is 1. The molecule has 1 heterocycles. The van der Waals surface area contributed by atoms with Crippen molar-refractivity contribution in [1.82, 2.24) is 10.2 Å². The van der Waals surface area contributed by atoms with Gasteiger partial charge in [0.1, 0.15) is 5.54 Å². The third-order valence-corrected chi connectivity index (χ3v) is 5.42. The lowest BCUT2D eigenvalue weighted by Crippen LogP contribution is -2.47. The highest BCUT2D eigenvalue weighted by Crippen LogP contribution is 2.37. The van der Waals surface area contributed by atoms with Crippen LogP contribution in [0, 0.1) is 23.2 Å². The quantitative estimate of drug-likeness (QED) is 0.839. The number of rotatable bonds is 5. The van der Waals surface area contributed by atoms with Gasteiger partial charge in [-0.05, 0) is 76.5 Å². The van der Waals surface area contributed by atoms with Gasteiger partial charge in [-0.15, -0.1) is 0 Å². The topological polar surface area (TPSA) is 39.1 Å². The summed E-state index contributed by atoms with van der Waals surface area (Å²) < 4.78 is 0. The maximum Gasteiger partial charge on any atom is 0.109 e. The maximum absolute atomic E-state index is 9.61. The van der Waals surface area contributed by atoms with Crippen LogP contribution in [0.4, 0.5) is 0 Å². The van der Waals surface area contributed by atoms with Gasteiger partial charge in [0.2, 0.25) is 0 Å². The van der Waals surface area contributed by atoms with Crippen LogP contribution in [0.1, 0.15) is 58.8 Å². The van der Waals surface area contributed by atoms with Gasteiger partial charge in [-0.25, -0.2) is 0 Å². The van der Waals surface area contributed by atoms with Gasteiger partial charge in [-0.2, -0.15) is 5.26 Å². The van der Waals surface area contributed by atoms with Crippen LogP contribution in [0.25, 0.3) is 0 Å². The van der Waals surface area contributed by atoms with E-state index in [1.807, 2.05) is 0 Å². The van der Waals surface area contributed by atoms with Gasteiger partial charge in [0.25, 0.3) is 0 Å². The smallest absolute Gasteiger partial charge is 0.109 e. The molecular formula is C17H31N3. The Bertz CT molecular complexity index is 336. The standard InChI is InChI=1S/C17H31N3/c1-3-19-17(14-18)10-4-7-16(17)9-13-20-11-5-6-15(2)8-12-20/h15-16,19H,3-13H2,1-2H3. The second kappa shape index (κ2) is 7.43. The molecule has 0 aromatic rings. The van der Waals surface area contributed by atoms with Gasteiger partial charge in [0.15, 0.2) is 0 Å². The van der Waals surface area contributed by atoms with E-state index in [4.69, 9.17) is 0 Å². The molecule has 3 atom stereocenters. The highest BCUT2D eigenvalue weighted by molar-refractivity contribution is 5.14. The summed E-state index contributed by atoms with van der Waals surface area (Å²) in [5.74, 6) is 1.44. The Balaban J connectivity index is 1.84. The molecule has 114 valence electrons. The lowest BCUT2D eigenvalue weighted by Gasteiger charge is -2.31. The summed E-state index contributed by atoms with van der Waals surface area (Å²) in [6.45, 7) is 9.11. The van der Waals surface area contributed by atoms with Crippen LogP contribution < -0.4 is 5.32 Å². The van der Waals surface area contributed by atoms with Crippen LogP contribution in [0.5, 0.6) is 0 Å². The zero-order chi connectivity index (χ0) is 14.4. The summed E-state index contributed by atoms with van der Waals surface area (Å²) in [4.78, 5) is 2.63. The molecule has 3 nitrogen and oxygen atoms in total. The highest BCUT2D eigenvalue weighted by atomic mass is 15.1. The van der Waals surface area contributed by atoms with Crippen LogP contribution in [0.2, 0.25) is 0 Å². The highest BCUT2D eigenvalue weighted by Gasteiger charge is 2.42. The molecule has 3 unspecified atom stereocenters. The van der Waals surface area contributed by atoms with Crippen LogP contribution in [-0.4, -0.2) is 36.6 Å². The van der Waals surface area contributed by atoms with Crippen LogP contribution in [-0.2, 0) is 0 Å². The van der Waals surface area contributed by atoms with Crippen molar-refractivity contribution < 1.29 is 0 Å². The molecule has 1 aliphatic carbocycles. The molecule has 2 aliphatic rings. The Morgan fingerprint density at radius 1 is 1.25 bits per heavy atom. The molecular weight excluding hydrogens is 246 g/mol. The summed E-state index contributed by atoms with van der Waals surface area (Å²) in [7, 11) is 0. The Hall–Kier alpha value is -0.590. The fourth-order valence-corrected chi connectivity index (χ4v) is 4.09. The minimum Gasteiger partial charge on any atom is -0.303 e. The Morgan fingerprint density at radius 2 is 2.10 bits per heavy atom. The van der Waals surface area contributed by atoms with Crippen molar-refractivity contribution in [3.05, 3.63) is 0 Å². The first-order chi connectivity index (χ1) is 9.70. The molecule has 0 aromatic carbocycles. The van der Waals surface area contributed by atoms with Gasteiger partial charge >= 0.3 is 0 Å². The van der Waals surface area contributed by atoms with Crippen molar-refractivity contribution in [3.8, 4) is 6.07 Å². The summed E-state index contributed by atoms with van der Waals surface area (Å²) in [6.07, 6.45) is 8.75. The molecule has 2 rings (SSSR count). The van der Waals surface area contributed by atoms with E-state index in [1.54, 1.807) is 0 Å². The van der Waals surface area contributed by atoms with E-state index in [-0.39, 0.29) is 5.54 Å². The van der Waals surface area contributed by atoms with E-state index >= 15 is 0 Å². The van der Waals surface area contributed by atoms with Crippen molar-refractivity contribution in [3.63, 3.8) is 0 Å². The summed E-state index contributed by atoms with van der Waals surface area (Å²) in [5.41, 5.74) is -0.228. The second-order valence-corrected chi connectivity index (χ2v) is 6.87. The van der Waals surface area contributed by atoms with Crippen molar-refractivity contribution in [2.45, 2.75) is 64.3 Å². The normalized spacial score (nSPS) is 35.6. The minimum absolute atomic E-state index is 0.228. The zero-order valence-electron chi connectivity index (χ0n) is 13.3. The molecule has 0 aromatic heterocycles. The molecule has 1 saturated heterocycles. The molecule has 3 heteroatoms. The van der Waals surface area contributed by atoms with Crippen molar-refractivity contribution in [1.29, 1.82) is 5.26 Å². The minimum atomic E-state index is -0.228. The molecule has 1 aliphatic heterocycles. The largest absolute Gasteiger partial charge is 0.303 e. The van der Waals surface area contributed by atoms with E-state index in [2.05, 4.69) is 30.1 Å². The van der Waals surface area contributed by atoms with Crippen molar-refractivity contribution in [2.75, 3.05) is 26.2 Å². The SMILES string of the molecule is CCNC1(C#N)CCCC1CCN1CCCC(C)CC1.